The van der Waals surface area contributed by atoms with E-state index in [2.05, 4.69) is 28.6 Å². The summed E-state index contributed by atoms with van der Waals surface area (Å²) < 4.78 is 3.96. The monoisotopic (exact) mass is 333 g/mol. The SMILES string of the molecule is CCc1nnsc1C(=O)N1CCS[C@@H](C)[C@@H]1c1ccccc1. The van der Waals surface area contributed by atoms with E-state index in [0.717, 1.165) is 24.4 Å². The summed E-state index contributed by atoms with van der Waals surface area (Å²) in [7, 11) is 0. The van der Waals surface area contributed by atoms with Gasteiger partial charge in [-0.15, -0.1) is 5.10 Å². The van der Waals surface area contributed by atoms with Gasteiger partial charge in [-0.05, 0) is 23.5 Å². The van der Waals surface area contributed by atoms with Crippen molar-refractivity contribution in [3.8, 4) is 0 Å². The Kier molecular flexibility index (Phi) is 4.78. The Morgan fingerprint density at radius 2 is 2.14 bits per heavy atom. The zero-order valence-corrected chi connectivity index (χ0v) is 14.4. The lowest BCUT2D eigenvalue weighted by Crippen LogP contribution is -2.44. The Morgan fingerprint density at radius 1 is 1.36 bits per heavy atom. The minimum absolute atomic E-state index is 0.0767. The second-order valence-electron chi connectivity index (χ2n) is 5.33. The van der Waals surface area contributed by atoms with Crippen LogP contribution in [0.1, 0.15) is 40.8 Å². The summed E-state index contributed by atoms with van der Waals surface area (Å²) in [5.74, 6) is 1.05. The Balaban J connectivity index is 1.94. The van der Waals surface area contributed by atoms with Gasteiger partial charge in [0.1, 0.15) is 4.88 Å². The average molecular weight is 333 g/mol. The van der Waals surface area contributed by atoms with E-state index in [9.17, 15) is 4.79 Å². The van der Waals surface area contributed by atoms with Gasteiger partial charge in [0, 0.05) is 17.5 Å². The van der Waals surface area contributed by atoms with E-state index in [1.54, 1.807) is 0 Å². The summed E-state index contributed by atoms with van der Waals surface area (Å²) >= 11 is 3.14. The molecule has 0 aliphatic carbocycles. The molecular formula is C16H19N3OS2. The van der Waals surface area contributed by atoms with E-state index in [0.29, 0.717) is 10.1 Å². The highest BCUT2D eigenvalue weighted by atomic mass is 32.2. The summed E-state index contributed by atoms with van der Waals surface area (Å²) in [5, 5.41) is 4.46. The van der Waals surface area contributed by atoms with Gasteiger partial charge in [-0.1, -0.05) is 48.7 Å². The molecule has 2 aromatic rings. The molecule has 1 aliphatic heterocycles. The first-order valence-electron chi connectivity index (χ1n) is 7.51. The molecule has 0 spiro atoms. The summed E-state index contributed by atoms with van der Waals surface area (Å²) in [6.45, 7) is 4.98. The van der Waals surface area contributed by atoms with Crippen LogP contribution < -0.4 is 0 Å². The van der Waals surface area contributed by atoms with E-state index >= 15 is 0 Å². The van der Waals surface area contributed by atoms with Crippen molar-refractivity contribution in [2.24, 2.45) is 0 Å². The van der Waals surface area contributed by atoms with E-state index in [1.165, 1.54) is 17.1 Å². The van der Waals surface area contributed by atoms with Gasteiger partial charge >= 0.3 is 0 Å². The van der Waals surface area contributed by atoms with Crippen LogP contribution >= 0.6 is 23.3 Å². The first-order chi connectivity index (χ1) is 10.7. The van der Waals surface area contributed by atoms with Crippen LogP contribution in [0.15, 0.2) is 30.3 Å². The molecule has 1 aromatic heterocycles. The number of thioether (sulfide) groups is 1. The van der Waals surface area contributed by atoms with Crippen molar-refractivity contribution >= 4 is 29.2 Å². The minimum atomic E-state index is 0.0767. The largest absolute Gasteiger partial charge is 0.329 e. The number of nitrogens with zero attached hydrogens (tertiary/aromatic N) is 3. The molecule has 1 aliphatic rings. The van der Waals surface area contributed by atoms with Gasteiger partial charge in [0.2, 0.25) is 0 Å². The third-order valence-corrected chi connectivity index (χ3v) is 5.94. The van der Waals surface area contributed by atoms with Gasteiger partial charge in [-0.25, -0.2) is 0 Å². The highest BCUT2D eigenvalue weighted by molar-refractivity contribution is 8.00. The zero-order valence-electron chi connectivity index (χ0n) is 12.7. The zero-order chi connectivity index (χ0) is 15.5. The normalized spacial score (nSPS) is 21.8. The van der Waals surface area contributed by atoms with Gasteiger partial charge in [-0.2, -0.15) is 11.8 Å². The van der Waals surface area contributed by atoms with Crippen LogP contribution in [0.2, 0.25) is 0 Å². The quantitative estimate of drug-likeness (QED) is 0.863. The van der Waals surface area contributed by atoms with Crippen molar-refractivity contribution in [3.05, 3.63) is 46.5 Å². The lowest BCUT2D eigenvalue weighted by Gasteiger charge is -2.39. The maximum atomic E-state index is 13.0. The van der Waals surface area contributed by atoms with Gasteiger partial charge in [-0.3, -0.25) is 4.79 Å². The predicted molar refractivity (Wildman–Crippen MR) is 91.4 cm³/mol. The Hall–Kier alpha value is -1.40. The van der Waals surface area contributed by atoms with Gasteiger partial charge in [0.15, 0.2) is 0 Å². The molecule has 1 amide bonds. The van der Waals surface area contributed by atoms with Gasteiger partial charge < -0.3 is 4.90 Å². The fraction of sp³-hybridized carbons (Fsp3) is 0.438. The third-order valence-electron chi connectivity index (χ3n) is 3.98. The van der Waals surface area contributed by atoms with Crippen LogP contribution in [0, 0.1) is 0 Å². The number of carbonyl (C=O) groups excluding carboxylic acids is 1. The molecule has 22 heavy (non-hydrogen) atoms. The van der Waals surface area contributed by atoms with Crippen molar-refractivity contribution in [1.29, 1.82) is 0 Å². The number of carbonyl (C=O) groups is 1. The predicted octanol–water partition coefficient (Wildman–Crippen LogP) is 3.42. The van der Waals surface area contributed by atoms with Crippen LogP contribution in [-0.2, 0) is 6.42 Å². The van der Waals surface area contributed by atoms with Crippen LogP contribution in [-0.4, -0.2) is 37.9 Å². The topological polar surface area (TPSA) is 46.1 Å². The van der Waals surface area contributed by atoms with Crippen molar-refractivity contribution in [3.63, 3.8) is 0 Å². The highest BCUT2D eigenvalue weighted by Gasteiger charge is 2.35. The maximum absolute atomic E-state index is 13.0. The molecule has 4 nitrogen and oxygen atoms in total. The molecule has 0 radical (unpaired) electrons. The molecule has 1 fully saturated rings. The minimum Gasteiger partial charge on any atom is -0.329 e. The van der Waals surface area contributed by atoms with Gasteiger partial charge in [0.05, 0.1) is 11.7 Å². The van der Waals surface area contributed by atoms with E-state index in [4.69, 9.17) is 0 Å². The first kappa shape index (κ1) is 15.5. The molecule has 1 aromatic carbocycles. The molecule has 0 saturated carbocycles. The number of hydrogen-bond acceptors (Lipinski definition) is 5. The molecule has 6 heteroatoms. The Bertz CT molecular complexity index is 644. The first-order valence-corrected chi connectivity index (χ1v) is 9.33. The molecule has 2 heterocycles. The molecule has 1 saturated heterocycles. The number of amides is 1. The Labute approximate surface area is 139 Å². The third kappa shape index (κ3) is 2.90. The summed E-state index contributed by atoms with van der Waals surface area (Å²) in [6, 6.07) is 10.4. The van der Waals surface area contributed by atoms with E-state index in [-0.39, 0.29) is 11.9 Å². The second-order valence-corrected chi connectivity index (χ2v) is 7.57. The standard InChI is InChI=1S/C16H19N3OS2/c1-3-13-15(22-18-17-13)16(20)19-9-10-21-11(2)14(19)12-7-5-4-6-8-12/h4-8,11,14H,3,9-10H2,1-2H3/t11-,14+/m0/s1. The molecular weight excluding hydrogens is 314 g/mol. The van der Waals surface area contributed by atoms with Crippen LogP contribution in [0.5, 0.6) is 0 Å². The van der Waals surface area contributed by atoms with E-state index < -0.39 is 0 Å². The average Bonchev–Trinajstić information content (AvgIpc) is 3.03. The summed E-state index contributed by atoms with van der Waals surface area (Å²) in [4.78, 5) is 15.7. The van der Waals surface area contributed by atoms with E-state index in [1.807, 2.05) is 41.8 Å². The van der Waals surface area contributed by atoms with Crippen molar-refractivity contribution in [2.45, 2.75) is 31.6 Å². The van der Waals surface area contributed by atoms with Crippen molar-refractivity contribution < 1.29 is 4.79 Å². The molecule has 3 rings (SSSR count). The smallest absolute Gasteiger partial charge is 0.268 e. The highest BCUT2D eigenvalue weighted by Crippen LogP contribution is 2.37. The van der Waals surface area contributed by atoms with Crippen molar-refractivity contribution in [1.82, 2.24) is 14.5 Å². The number of hydrogen-bond donors (Lipinski definition) is 0. The van der Waals surface area contributed by atoms with Gasteiger partial charge in [0.25, 0.3) is 5.91 Å². The van der Waals surface area contributed by atoms with Crippen LogP contribution in [0.3, 0.4) is 0 Å². The molecule has 116 valence electrons. The number of benzene rings is 1. The molecule has 0 bridgehead atoms. The number of rotatable bonds is 3. The maximum Gasteiger partial charge on any atom is 0.268 e. The van der Waals surface area contributed by atoms with Crippen LogP contribution in [0.4, 0.5) is 0 Å². The molecule has 2 atom stereocenters. The molecule has 0 N–H and O–H groups in total. The second kappa shape index (κ2) is 6.79. The molecule has 0 unspecified atom stereocenters. The number of aromatic nitrogens is 2. The van der Waals surface area contributed by atoms with Crippen LogP contribution in [0.25, 0.3) is 0 Å². The Morgan fingerprint density at radius 3 is 2.86 bits per heavy atom. The lowest BCUT2D eigenvalue weighted by molar-refractivity contribution is 0.0684. The number of aryl methyl sites for hydroxylation is 1. The fourth-order valence-electron chi connectivity index (χ4n) is 2.88. The summed E-state index contributed by atoms with van der Waals surface area (Å²) in [6.07, 6.45) is 0.742. The van der Waals surface area contributed by atoms with Crippen molar-refractivity contribution in [2.75, 3.05) is 12.3 Å². The summed E-state index contributed by atoms with van der Waals surface area (Å²) in [5.41, 5.74) is 2.01. The fourth-order valence-corrected chi connectivity index (χ4v) is 4.75. The lowest BCUT2D eigenvalue weighted by atomic mass is 10.0.